The van der Waals surface area contributed by atoms with Gasteiger partial charge in [-0.25, -0.2) is 9.97 Å². The molecule has 164 valence electrons. The van der Waals surface area contributed by atoms with Gasteiger partial charge in [0.1, 0.15) is 5.75 Å². The molecule has 1 aromatic carbocycles. The molecule has 0 saturated heterocycles. The summed E-state index contributed by atoms with van der Waals surface area (Å²) in [5.41, 5.74) is 2.28. The monoisotopic (exact) mass is 408 g/mol. The summed E-state index contributed by atoms with van der Waals surface area (Å²) in [6, 6.07) is 8.24. The lowest BCUT2D eigenvalue weighted by atomic mass is 9.75. The molecule has 1 heterocycles. The van der Waals surface area contributed by atoms with E-state index in [0.717, 1.165) is 48.4 Å². The maximum Gasteiger partial charge on any atom is 0.159 e. The first-order chi connectivity index (χ1) is 14.8. The predicted molar refractivity (Wildman–Crippen MR) is 126 cm³/mol. The number of ether oxygens (including phenoxy) is 1. The first kappa shape index (κ1) is 22.8. The van der Waals surface area contributed by atoms with E-state index >= 15 is 0 Å². The molecule has 0 aliphatic heterocycles. The standard InChI is InChI=1S/C27H40N2O/c1-3-5-6-11-22-20-28-27(29-21-22)25-15-17-26(18-16-25)30-19-9-14-24-13-8-7-12-23(24)10-4-2/h15-18,20-21,23-24H,3-14,19H2,1-2H3. The number of aryl methyl sites for hydroxylation is 1. The zero-order valence-corrected chi connectivity index (χ0v) is 19.1. The van der Waals surface area contributed by atoms with Crippen molar-refractivity contribution < 1.29 is 4.74 Å². The van der Waals surface area contributed by atoms with Gasteiger partial charge in [0.15, 0.2) is 5.82 Å². The summed E-state index contributed by atoms with van der Waals surface area (Å²) in [6.45, 7) is 5.37. The molecule has 1 aliphatic carbocycles. The quantitative estimate of drug-likeness (QED) is 0.338. The molecule has 0 amide bonds. The van der Waals surface area contributed by atoms with E-state index in [-0.39, 0.29) is 0 Å². The van der Waals surface area contributed by atoms with Crippen LogP contribution in [0.5, 0.6) is 5.75 Å². The van der Waals surface area contributed by atoms with Crippen molar-refractivity contribution in [1.29, 1.82) is 0 Å². The summed E-state index contributed by atoms with van der Waals surface area (Å²) in [7, 11) is 0. The van der Waals surface area contributed by atoms with Crippen molar-refractivity contribution in [2.45, 2.75) is 90.9 Å². The smallest absolute Gasteiger partial charge is 0.159 e. The van der Waals surface area contributed by atoms with Crippen LogP contribution in [0.25, 0.3) is 11.4 Å². The molecule has 3 rings (SSSR count). The minimum absolute atomic E-state index is 0.792. The van der Waals surface area contributed by atoms with Gasteiger partial charge in [-0.2, -0.15) is 0 Å². The van der Waals surface area contributed by atoms with Gasteiger partial charge in [-0.05, 0) is 67.3 Å². The third-order valence-electron chi connectivity index (χ3n) is 6.60. The zero-order valence-electron chi connectivity index (χ0n) is 19.1. The van der Waals surface area contributed by atoms with Crippen LogP contribution in [0.4, 0.5) is 0 Å². The van der Waals surface area contributed by atoms with E-state index in [4.69, 9.17) is 4.74 Å². The largest absolute Gasteiger partial charge is 0.494 e. The van der Waals surface area contributed by atoms with Crippen LogP contribution >= 0.6 is 0 Å². The number of hydrogen-bond acceptors (Lipinski definition) is 3. The molecule has 1 saturated carbocycles. The Morgan fingerprint density at radius 3 is 2.20 bits per heavy atom. The molecule has 30 heavy (non-hydrogen) atoms. The lowest BCUT2D eigenvalue weighted by Crippen LogP contribution is -2.20. The van der Waals surface area contributed by atoms with Crippen molar-refractivity contribution in [3.63, 3.8) is 0 Å². The summed E-state index contributed by atoms with van der Waals surface area (Å²) in [5.74, 6) is 3.62. The van der Waals surface area contributed by atoms with Crippen molar-refractivity contribution in [3.8, 4) is 17.1 Å². The van der Waals surface area contributed by atoms with Crippen molar-refractivity contribution >= 4 is 0 Å². The first-order valence-electron chi connectivity index (χ1n) is 12.3. The third kappa shape index (κ3) is 7.11. The number of unbranched alkanes of at least 4 members (excludes halogenated alkanes) is 2. The van der Waals surface area contributed by atoms with Gasteiger partial charge in [-0.1, -0.05) is 65.2 Å². The highest BCUT2D eigenvalue weighted by molar-refractivity contribution is 5.55. The average molecular weight is 409 g/mol. The fraction of sp³-hybridized carbons (Fsp3) is 0.630. The minimum atomic E-state index is 0.792. The number of nitrogens with zero attached hydrogens (tertiary/aromatic N) is 2. The highest BCUT2D eigenvalue weighted by atomic mass is 16.5. The van der Waals surface area contributed by atoms with E-state index in [1.54, 1.807) is 0 Å². The minimum Gasteiger partial charge on any atom is -0.494 e. The third-order valence-corrected chi connectivity index (χ3v) is 6.60. The van der Waals surface area contributed by atoms with Gasteiger partial charge in [0.2, 0.25) is 0 Å². The van der Waals surface area contributed by atoms with Gasteiger partial charge >= 0.3 is 0 Å². The molecule has 0 bridgehead atoms. The maximum absolute atomic E-state index is 6.02. The van der Waals surface area contributed by atoms with E-state index in [1.807, 2.05) is 24.5 Å². The second kappa shape index (κ2) is 12.7. The first-order valence-corrected chi connectivity index (χ1v) is 12.3. The summed E-state index contributed by atoms with van der Waals surface area (Å²) < 4.78 is 6.02. The normalized spacial score (nSPS) is 19.0. The van der Waals surface area contributed by atoms with E-state index in [2.05, 4.69) is 35.9 Å². The Morgan fingerprint density at radius 1 is 0.833 bits per heavy atom. The molecule has 2 unspecified atom stereocenters. The van der Waals surface area contributed by atoms with Gasteiger partial charge in [0, 0.05) is 18.0 Å². The topological polar surface area (TPSA) is 35.0 Å². The maximum atomic E-state index is 6.02. The fourth-order valence-corrected chi connectivity index (χ4v) is 4.86. The van der Waals surface area contributed by atoms with E-state index in [9.17, 15) is 0 Å². The molecule has 1 fully saturated rings. The van der Waals surface area contributed by atoms with Crippen molar-refractivity contribution in [2.24, 2.45) is 11.8 Å². The molecule has 0 radical (unpaired) electrons. The van der Waals surface area contributed by atoms with Crippen molar-refractivity contribution in [3.05, 3.63) is 42.2 Å². The van der Waals surface area contributed by atoms with Crippen LogP contribution in [0, 0.1) is 11.8 Å². The molecule has 0 spiro atoms. The molecule has 2 aromatic rings. The highest BCUT2D eigenvalue weighted by Crippen LogP contribution is 2.36. The number of aromatic nitrogens is 2. The Morgan fingerprint density at radius 2 is 1.53 bits per heavy atom. The van der Waals surface area contributed by atoms with Crippen LogP contribution in [0.2, 0.25) is 0 Å². The zero-order chi connectivity index (χ0) is 21.0. The number of hydrogen-bond donors (Lipinski definition) is 0. The Bertz CT molecular complexity index is 709. The van der Waals surface area contributed by atoms with Crippen LogP contribution < -0.4 is 4.74 Å². The Balaban J connectivity index is 1.42. The molecule has 1 aliphatic rings. The van der Waals surface area contributed by atoms with Crippen LogP contribution in [0.15, 0.2) is 36.7 Å². The molecule has 2 atom stereocenters. The molecule has 3 nitrogen and oxygen atoms in total. The molecule has 3 heteroatoms. The summed E-state index contributed by atoms with van der Waals surface area (Å²) >= 11 is 0. The van der Waals surface area contributed by atoms with Crippen LogP contribution in [0.1, 0.15) is 90.0 Å². The number of rotatable bonds is 12. The van der Waals surface area contributed by atoms with E-state index < -0.39 is 0 Å². The Labute approximate surface area is 183 Å². The van der Waals surface area contributed by atoms with Gasteiger partial charge in [-0.15, -0.1) is 0 Å². The molecule has 1 aromatic heterocycles. The second-order valence-corrected chi connectivity index (χ2v) is 8.98. The van der Waals surface area contributed by atoms with Gasteiger partial charge in [-0.3, -0.25) is 0 Å². The van der Waals surface area contributed by atoms with Crippen LogP contribution in [0.3, 0.4) is 0 Å². The SMILES string of the molecule is CCCCCc1cnc(-c2ccc(OCCCC3CCCCC3CCC)cc2)nc1. The van der Waals surface area contributed by atoms with Crippen LogP contribution in [-0.2, 0) is 6.42 Å². The van der Waals surface area contributed by atoms with E-state index in [1.165, 1.54) is 69.8 Å². The molecular formula is C27H40N2O. The average Bonchev–Trinajstić information content (AvgIpc) is 2.79. The Hall–Kier alpha value is -1.90. The second-order valence-electron chi connectivity index (χ2n) is 8.98. The van der Waals surface area contributed by atoms with E-state index in [0.29, 0.717) is 0 Å². The Kier molecular flexibility index (Phi) is 9.66. The van der Waals surface area contributed by atoms with Gasteiger partial charge in [0.25, 0.3) is 0 Å². The summed E-state index contributed by atoms with van der Waals surface area (Å²) in [5, 5.41) is 0. The van der Waals surface area contributed by atoms with Gasteiger partial charge < -0.3 is 4.74 Å². The summed E-state index contributed by atoms with van der Waals surface area (Å²) in [6.07, 6.45) is 19.7. The molecule has 0 N–H and O–H groups in total. The van der Waals surface area contributed by atoms with Crippen LogP contribution in [-0.4, -0.2) is 16.6 Å². The van der Waals surface area contributed by atoms with Gasteiger partial charge in [0.05, 0.1) is 6.61 Å². The highest BCUT2D eigenvalue weighted by Gasteiger charge is 2.23. The summed E-state index contributed by atoms with van der Waals surface area (Å²) in [4.78, 5) is 9.11. The van der Waals surface area contributed by atoms with Crippen molar-refractivity contribution in [2.75, 3.05) is 6.61 Å². The van der Waals surface area contributed by atoms with Crippen molar-refractivity contribution in [1.82, 2.24) is 9.97 Å². The lowest BCUT2D eigenvalue weighted by Gasteiger charge is -2.31. The fourth-order valence-electron chi connectivity index (χ4n) is 4.86. The molecular weight excluding hydrogens is 368 g/mol. The number of benzene rings is 1. The predicted octanol–water partition coefficient (Wildman–Crippen LogP) is 7.64. The lowest BCUT2D eigenvalue weighted by molar-refractivity contribution is 0.193.